The van der Waals surface area contributed by atoms with Crippen LogP contribution in [0.15, 0.2) is 30.3 Å². The van der Waals surface area contributed by atoms with Gasteiger partial charge in [-0.05, 0) is 43.6 Å². The van der Waals surface area contributed by atoms with Crippen molar-refractivity contribution in [3.05, 3.63) is 35.9 Å². The summed E-state index contributed by atoms with van der Waals surface area (Å²) in [4.78, 5) is 26.0. The quantitative estimate of drug-likeness (QED) is 0.847. The number of hydrogen-bond acceptors (Lipinski definition) is 3. The summed E-state index contributed by atoms with van der Waals surface area (Å²) in [7, 11) is 0. The second-order valence-corrected chi connectivity index (χ2v) is 9.14. The lowest BCUT2D eigenvalue weighted by Crippen LogP contribution is -2.87. The third-order valence-electron chi connectivity index (χ3n) is 7.52. The molecule has 5 fully saturated rings. The van der Waals surface area contributed by atoms with E-state index in [0.717, 1.165) is 63.6 Å². The number of piperidine rings is 1. The molecule has 0 spiro atoms. The number of benzene rings is 1. The van der Waals surface area contributed by atoms with Gasteiger partial charge in [-0.3, -0.25) is 9.59 Å². The Hall–Kier alpha value is -1.68. The number of nitrogens with two attached hydrogens (primary N) is 1. The molecule has 4 aliphatic carbocycles. The Kier molecular flexibility index (Phi) is 3.75. The molecule has 26 heavy (non-hydrogen) atoms. The molecule has 1 aromatic rings. The molecule has 0 amide bonds. The summed E-state index contributed by atoms with van der Waals surface area (Å²) in [5.74, 6) is 1.18. The lowest BCUT2D eigenvalue weighted by molar-refractivity contribution is -0.668. The van der Waals surface area contributed by atoms with Gasteiger partial charge >= 0.3 is 5.97 Å². The highest BCUT2D eigenvalue weighted by atomic mass is 16.6. The van der Waals surface area contributed by atoms with Crippen LogP contribution < -0.4 is 5.32 Å². The van der Waals surface area contributed by atoms with Gasteiger partial charge in [0.05, 0.1) is 18.5 Å². The Morgan fingerprint density at radius 1 is 1.00 bits per heavy atom. The molecule has 1 aromatic carbocycles. The van der Waals surface area contributed by atoms with Gasteiger partial charge in [-0.1, -0.05) is 30.3 Å². The smallest absolute Gasteiger partial charge is 0.313 e. The van der Waals surface area contributed by atoms with Crippen molar-refractivity contribution in [2.24, 2.45) is 23.2 Å². The van der Waals surface area contributed by atoms with Crippen molar-refractivity contribution in [1.82, 2.24) is 0 Å². The van der Waals surface area contributed by atoms with Crippen LogP contribution in [-0.4, -0.2) is 24.8 Å². The van der Waals surface area contributed by atoms with Crippen LogP contribution in [-0.2, 0) is 19.9 Å². The van der Waals surface area contributed by atoms with Crippen molar-refractivity contribution in [3.8, 4) is 0 Å². The monoisotopic (exact) mass is 354 g/mol. The first-order chi connectivity index (χ1) is 12.6. The lowest BCUT2D eigenvalue weighted by Gasteiger charge is -2.54. The Bertz CT molecular complexity index is 704. The van der Waals surface area contributed by atoms with Crippen LogP contribution >= 0.6 is 0 Å². The van der Waals surface area contributed by atoms with E-state index >= 15 is 0 Å². The number of carbonyl (C=O) groups excluding carboxylic acids is 2. The first-order valence-electron chi connectivity index (χ1n) is 10.2. The summed E-state index contributed by atoms with van der Waals surface area (Å²) < 4.78 is 6.41. The van der Waals surface area contributed by atoms with E-state index in [-0.39, 0.29) is 17.8 Å². The fourth-order valence-corrected chi connectivity index (χ4v) is 6.41. The molecule has 4 heteroatoms. The van der Waals surface area contributed by atoms with Gasteiger partial charge in [-0.2, -0.15) is 0 Å². The van der Waals surface area contributed by atoms with Crippen molar-refractivity contribution in [1.29, 1.82) is 0 Å². The first kappa shape index (κ1) is 16.5. The fourth-order valence-electron chi connectivity index (χ4n) is 6.41. The molecule has 4 bridgehead atoms. The number of esters is 1. The molecule has 1 saturated heterocycles. The van der Waals surface area contributed by atoms with E-state index in [4.69, 9.17) is 4.74 Å². The molecular weight excluding hydrogens is 326 g/mol. The molecule has 0 radical (unpaired) electrons. The second kappa shape index (κ2) is 5.91. The summed E-state index contributed by atoms with van der Waals surface area (Å²) in [6, 6.07) is 10.3. The summed E-state index contributed by atoms with van der Waals surface area (Å²) in [6.07, 6.45) is 6.14. The molecule has 6 rings (SSSR count). The average molecular weight is 354 g/mol. The maximum atomic E-state index is 13.5. The highest BCUT2D eigenvalue weighted by Crippen LogP contribution is 2.59. The summed E-state index contributed by atoms with van der Waals surface area (Å²) in [6.45, 7) is 1.98. The van der Waals surface area contributed by atoms with Crippen molar-refractivity contribution < 1.29 is 19.6 Å². The first-order valence-corrected chi connectivity index (χ1v) is 10.2. The van der Waals surface area contributed by atoms with Crippen molar-refractivity contribution in [3.63, 3.8) is 0 Å². The third-order valence-corrected chi connectivity index (χ3v) is 7.52. The van der Waals surface area contributed by atoms with Gasteiger partial charge < -0.3 is 10.1 Å². The van der Waals surface area contributed by atoms with Crippen LogP contribution in [0.1, 0.15) is 50.5 Å². The standard InChI is InChI=1S/C22H27NO3/c24-19-16-10-15-11-17(19)14-21(12-15,13-16)20(25)26-22(6-8-23-9-7-22)18-4-2-1-3-5-18/h1-5,15-17,23H,6-14H2/p+1. The largest absolute Gasteiger partial charge is 0.453 e. The minimum atomic E-state index is -0.486. The Morgan fingerprint density at radius 2 is 1.65 bits per heavy atom. The Balaban J connectivity index is 1.44. The lowest BCUT2D eigenvalue weighted by atomic mass is 9.49. The van der Waals surface area contributed by atoms with Gasteiger partial charge in [-0.25, -0.2) is 0 Å². The van der Waals surface area contributed by atoms with Crippen LogP contribution in [0.4, 0.5) is 0 Å². The molecule has 4 saturated carbocycles. The topological polar surface area (TPSA) is 60.0 Å². The van der Waals surface area contributed by atoms with Gasteiger partial charge in [0.15, 0.2) is 0 Å². The van der Waals surface area contributed by atoms with Gasteiger partial charge in [0.25, 0.3) is 0 Å². The van der Waals surface area contributed by atoms with E-state index in [0.29, 0.717) is 11.7 Å². The molecule has 2 N–H and O–H groups in total. The minimum absolute atomic E-state index is 0.0184. The zero-order chi connectivity index (χ0) is 17.8. The van der Waals surface area contributed by atoms with E-state index in [1.807, 2.05) is 18.2 Å². The highest BCUT2D eigenvalue weighted by Gasteiger charge is 2.60. The number of hydrogen-bond donors (Lipinski definition) is 1. The van der Waals surface area contributed by atoms with E-state index in [9.17, 15) is 9.59 Å². The van der Waals surface area contributed by atoms with Crippen LogP contribution in [0.5, 0.6) is 0 Å². The van der Waals surface area contributed by atoms with Crippen LogP contribution in [0.3, 0.4) is 0 Å². The minimum Gasteiger partial charge on any atom is -0.453 e. The predicted octanol–water partition coefficient (Wildman–Crippen LogP) is 2.18. The van der Waals surface area contributed by atoms with Crippen molar-refractivity contribution >= 4 is 11.8 Å². The van der Waals surface area contributed by atoms with Gasteiger partial charge in [0.1, 0.15) is 11.4 Å². The SMILES string of the molecule is O=C1C2CC3CC1CC(C(=O)OC1(c4ccccc4)CC[NH2+]CC1)(C3)C2. The number of quaternary nitrogens is 1. The molecular formula is C22H28NO3+. The van der Waals surface area contributed by atoms with Crippen LogP contribution in [0, 0.1) is 23.2 Å². The van der Waals surface area contributed by atoms with Crippen molar-refractivity contribution in [2.75, 3.05) is 13.1 Å². The molecule has 2 unspecified atom stereocenters. The van der Waals surface area contributed by atoms with Crippen molar-refractivity contribution in [2.45, 2.75) is 50.5 Å². The number of Topliss-reactive ketones (excluding diaryl/α,β-unsaturated/α-hetero) is 1. The summed E-state index contributed by atoms with van der Waals surface area (Å²) >= 11 is 0. The maximum absolute atomic E-state index is 13.5. The number of rotatable bonds is 3. The zero-order valence-electron chi connectivity index (χ0n) is 15.3. The van der Waals surface area contributed by atoms with Gasteiger partial charge in [0, 0.05) is 24.7 Å². The predicted molar refractivity (Wildman–Crippen MR) is 96.1 cm³/mol. The van der Waals surface area contributed by atoms with Gasteiger partial charge in [-0.15, -0.1) is 0 Å². The normalized spacial score (nSPS) is 37.5. The van der Waals surface area contributed by atoms with Gasteiger partial charge in [0.2, 0.25) is 0 Å². The molecule has 1 aliphatic heterocycles. The number of ketones is 1. The third kappa shape index (κ3) is 2.45. The maximum Gasteiger partial charge on any atom is 0.313 e. The second-order valence-electron chi connectivity index (χ2n) is 9.14. The van der Waals surface area contributed by atoms with E-state index in [1.54, 1.807) is 0 Å². The number of carbonyl (C=O) groups is 2. The van der Waals surface area contributed by atoms with E-state index < -0.39 is 11.0 Å². The molecule has 5 aliphatic rings. The zero-order valence-corrected chi connectivity index (χ0v) is 15.3. The summed E-state index contributed by atoms with van der Waals surface area (Å²) in [5.41, 5.74) is 0.246. The molecule has 2 atom stereocenters. The number of ether oxygens (including phenoxy) is 1. The highest BCUT2D eigenvalue weighted by molar-refractivity contribution is 5.89. The van der Waals surface area contributed by atoms with Crippen LogP contribution in [0.2, 0.25) is 0 Å². The molecule has 138 valence electrons. The molecule has 0 aromatic heterocycles. The molecule has 4 nitrogen and oxygen atoms in total. The Labute approximate surface area is 154 Å². The fraction of sp³-hybridized carbons (Fsp3) is 0.636. The Morgan fingerprint density at radius 3 is 2.31 bits per heavy atom. The average Bonchev–Trinajstić information content (AvgIpc) is 2.67. The summed E-state index contributed by atoms with van der Waals surface area (Å²) in [5, 5.41) is 2.30. The molecule has 1 heterocycles. The van der Waals surface area contributed by atoms with E-state index in [1.165, 1.54) is 0 Å². The van der Waals surface area contributed by atoms with Crippen LogP contribution in [0.25, 0.3) is 0 Å². The van der Waals surface area contributed by atoms with E-state index in [2.05, 4.69) is 17.4 Å².